The fourth-order valence-electron chi connectivity index (χ4n) is 2.47. The average Bonchev–Trinajstić information content (AvgIpc) is 2.64. The van der Waals surface area contributed by atoms with Gasteiger partial charge in [-0.25, -0.2) is 0 Å². The maximum absolute atomic E-state index is 11.9. The molecular formula is C17H27NO9. The molecule has 1 heterocycles. The molecule has 1 unspecified atom stereocenters. The molecule has 10 nitrogen and oxygen atoms in total. The van der Waals surface area contributed by atoms with E-state index in [-0.39, 0.29) is 25.9 Å². The van der Waals surface area contributed by atoms with Crippen LogP contribution in [0.5, 0.6) is 0 Å². The fourth-order valence-corrected chi connectivity index (χ4v) is 2.47. The number of carbonyl (C=O) groups excluding carboxylic acids is 4. The normalized spacial score (nSPS) is 27.4. The van der Waals surface area contributed by atoms with Gasteiger partial charge in [0.05, 0.1) is 0 Å². The number of aliphatic hydroxyl groups is 1. The van der Waals surface area contributed by atoms with Crippen molar-refractivity contribution in [2.24, 2.45) is 0 Å². The van der Waals surface area contributed by atoms with Crippen LogP contribution in [0.2, 0.25) is 0 Å². The average molecular weight is 389 g/mol. The topological polar surface area (TPSA) is 137 Å². The second-order valence-electron chi connectivity index (χ2n) is 5.94. The standard InChI is InChI=1S/C17H27NO9/c1-5-11(20)24-8-10-15(26-12(21)6-2)16(27-13(22)7-3)14(17(23)25-10)18-9(4)19/h10,14-17,23H,5-8H2,1-4H3,(H,18,19)/t10-,14-,15+,16-,17?/m1/s1. The third kappa shape index (κ3) is 6.79. The highest BCUT2D eigenvalue weighted by atomic mass is 16.7. The lowest BCUT2D eigenvalue weighted by Crippen LogP contribution is -2.66. The van der Waals surface area contributed by atoms with Gasteiger partial charge in [0.25, 0.3) is 0 Å². The minimum atomic E-state index is -1.56. The number of aliphatic hydroxyl groups excluding tert-OH is 1. The van der Waals surface area contributed by atoms with Gasteiger partial charge in [0.1, 0.15) is 18.8 Å². The van der Waals surface area contributed by atoms with Crippen molar-refractivity contribution in [2.45, 2.75) is 77.6 Å². The summed E-state index contributed by atoms with van der Waals surface area (Å²) in [6, 6.07) is -1.16. The van der Waals surface area contributed by atoms with Crippen LogP contribution < -0.4 is 5.32 Å². The van der Waals surface area contributed by atoms with Gasteiger partial charge in [-0.1, -0.05) is 20.8 Å². The minimum absolute atomic E-state index is 0.0319. The van der Waals surface area contributed by atoms with Crippen molar-refractivity contribution < 1.29 is 43.2 Å². The monoisotopic (exact) mass is 389 g/mol. The smallest absolute Gasteiger partial charge is 0.306 e. The van der Waals surface area contributed by atoms with Crippen LogP contribution in [0.4, 0.5) is 0 Å². The zero-order valence-electron chi connectivity index (χ0n) is 15.9. The molecule has 1 amide bonds. The molecule has 0 aromatic carbocycles. The SMILES string of the molecule is CCC(=O)OC[C@H]1OC(O)[C@H](NC(C)=O)[C@@H](OC(=O)CC)[C@H]1OC(=O)CC. The molecule has 154 valence electrons. The van der Waals surface area contributed by atoms with Gasteiger partial charge in [-0.15, -0.1) is 0 Å². The van der Waals surface area contributed by atoms with Crippen LogP contribution in [-0.4, -0.2) is 66.2 Å². The third-order valence-corrected chi connectivity index (χ3v) is 3.85. The molecule has 1 aliphatic rings. The number of carbonyl (C=O) groups is 4. The third-order valence-electron chi connectivity index (χ3n) is 3.85. The van der Waals surface area contributed by atoms with E-state index in [0.717, 1.165) is 0 Å². The van der Waals surface area contributed by atoms with Crippen LogP contribution >= 0.6 is 0 Å². The second kappa shape index (κ2) is 10.8. The summed E-state index contributed by atoms with van der Waals surface area (Å²) in [4.78, 5) is 46.6. The Balaban J connectivity index is 3.15. The lowest BCUT2D eigenvalue weighted by atomic mass is 9.96. The second-order valence-corrected chi connectivity index (χ2v) is 5.94. The lowest BCUT2D eigenvalue weighted by molar-refractivity contribution is -0.265. The molecule has 2 N–H and O–H groups in total. The molecule has 1 saturated heterocycles. The summed E-state index contributed by atoms with van der Waals surface area (Å²) in [7, 11) is 0. The van der Waals surface area contributed by atoms with Crippen LogP contribution in [0, 0.1) is 0 Å². The first-order valence-corrected chi connectivity index (χ1v) is 8.88. The number of hydrogen-bond acceptors (Lipinski definition) is 9. The van der Waals surface area contributed by atoms with Crippen molar-refractivity contribution in [1.82, 2.24) is 5.32 Å². The molecule has 0 spiro atoms. The van der Waals surface area contributed by atoms with Gasteiger partial charge >= 0.3 is 17.9 Å². The highest BCUT2D eigenvalue weighted by Crippen LogP contribution is 2.26. The molecule has 1 rings (SSSR count). The van der Waals surface area contributed by atoms with Crippen LogP contribution in [0.15, 0.2) is 0 Å². The molecule has 1 aliphatic heterocycles. The molecule has 0 aliphatic carbocycles. The maximum atomic E-state index is 11.9. The van der Waals surface area contributed by atoms with Gasteiger partial charge in [-0.2, -0.15) is 0 Å². The molecule has 0 radical (unpaired) electrons. The van der Waals surface area contributed by atoms with Gasteiger partial charge in [0, 0.05) is 26.2 Å². The molecular weight excluding hydrogens is 362 g/mol. The van der Waals surface area contributed by atoms with Gasteiger partial charge in [-0.3, -0.25) is 19.2 Å². The number of hydrogen-bond donors (Lipinski definition) is 2. The Morgan fingerprint density at radius 2 is 1.44 bits per heavy atom. The molecule has 0 aromatic rings. The fraction of sp³-hybridized carbons (Fsp3) is 0.765. The Labute approximate surface area is 157 Å². The van der Waals surface area contributed by atoms with Crippen molar-refractivity contribution in [1.29, 1.82) is 0 Å². The van der Waals surface area contributed by atoms with Crippen molar-refractivity contribution in [2.75, 3.05) is 6.61 Å². The first-order valence-electron chi connectivity index (χ1n) is 8.88. The van der Waals surface area contributed by atoms with E-state index in [1.54, 1.807) is 20.8 Å². The molecule has 1 fully saturated rings. The van der Waals surface area contributed by atoms with E-state index < -0.39 is 54.5 Å². The zero-order chi connectivity index (χ0) is 20.6. The van der Waals surface area contributed by atoms with Gasteiger partial charge < -0.3 is 29.4 Å². The number of ether oxygens (including phenoxy) is 4. The van der Waals surface area contributed by atoms with Crippen molar-refractivity contribution in [3.8, 4) is 0 Å². The van der Waals surface area contributed by atoms with Gasteiger partial charge in [0.2, 0.25) is 5.91 Å². The summed E-state index contributed by atoms with van der Waals surface area (Å²) in [6.45, 7) is 5.64. The summed E-state index contributed by atoms with van der Waals surface area (Å²) < 4.78 is 21.1. The predicted octanol–water partition coefficient (Wildman–Crippen LogP) is -0.195. The number of esters is 3. The quantitative estimate of drug-likeness (QED) is 0.427. The minimum Gasteiger partial charge on any atom is -0.463 e. The maximum Gasteiger partial charge on any atom is 0.306 e. The predicted molar refractivity (Wildman–Crippen MR) is 90.1 cm³/mol. The molecule has 0 aromatic heterocycles. The van der Waals surface area contributed by atoms with Crippen LogP contribution in [0.25, 0.3) is 0 Å². The van der Waals surface area contributed by atoms with E-state index in [1.807, 2.05) is 0 Å². The van der Waals surface area contributed by atoms with E-state index in [9.17, 15) is 24.3 Å². The first kappa shape index (κ1) is 22.8. The lowest BCUT2D eigenvalue weighted by Gasteiger charge is -2.43. The van der Waals surface area contributed by atoms with E-state index in [4.69, 9.17) is 18.9 Å². The highest BCUT2D eigenvalue weighted by Gasteiger charge is 2.50. The number of amides is 1. The number of rotatable bonds is 8. The summed E-state index contributed by atoms with van der Waals surface area (Å²) in [5.41, 5.74) is 0. The molecule has 27 heavy (non-hydrogen) atoms. The molecule has 10 heteroatoms. The van der Waals surface area contributed by atoms with E-state index in [0.29, 0.717) is 0 Å². The van der Waals surface area contributed by atoms with Crippen molar-refractivity contribution in [3.05, 3.63) is 0 Å². The Hall–Kier alpha value is -2.20. The summed E-state index contributed by atoms with van der Waals surface area (Å²) in [5.74, 6) is -2.24. The van der Waals surface area contributed by atoms with Crippen LogP contribution in [0.1, 0.15) is 47.0 Å². The zero-order valence-corrected chi connectivity index (χ0v) is 15.9. The van der Waals surface area contributed by atoms with Crippen LogP contribution in [0.3, 0.4) is 0 Å². The summed E-state index contributed by atoms with van der Waals surface area (Å²) in [6.07, 6.45) is -4.85. The summed E-state index contributed by atoms with van der Waals surface area (Å²) >= 11 is 0. The van der Waals surface area contributed by atoms with Crippen molar-refractivity contribution in [3.63, 3.8) is 0 Å². The van der Waals surface area contributed by atoms with E-state index in [1.165, 1.54) is 6.92 Å². The Morgan fingerprint density at radius 1 is 0.926 bits per heavy atom. The Kier molecular flexibility index (Phi) is 9.16. The van der Waals surface area contributed by atoms with Crippen molar-refractivity contribution >= 4 is 23.8 Å². The van der Waals surface area contributed by atoms with E-state index in [2.05, 4.69) is 5.32 Å². The molecule has 0 bridgehead atoms. The van der Waals surface area contributed by atoms with Crippen LogP contribution in [-0.2, 0) is 38.1 Å². The Bertz CT molecular complexity index is 551. The Morgan fingerprint density at radius 3 is 1.93 bits per heavy atom. The summed E-state index contributed by atoms with van der Waals surface area (Å²) in [5, 5.41) is 12.7. The van der Waals surface area contributed by atoms with Gasteiger partial charge in [-0.05, 0) is 0 Å². The largest absolute Gasteiger partial charge is 0.463 e. The molecule has 0 saturated carbocycles. The molecule has 5 atom stereocenters. The highest BCUT2D eigenvalue weighted by molar-refractivity contribution is 5.74. The van der Waals surface area contributed by atoms with Gasteiger partial charge in [0.15, 0.2) is 18.5 Å². The first-order chi connectivity index (χ1) is 12.7. The van der Waals surface area contributed by atoms with E-state index >= 15 is 0 Å². The number of nitrogens with one attached hydrogen (secondary N) is 1.